The van der Waals surface area contributed by atoms with Crippen molar-refractivity contribution >= 4 is 11.9 Å². The number of alkyl halides is 3. The molecule has 8 nitrogen and oxygen atoms in total. The summed E-state index contributed by atoms with van der Waals surface area (Å²) in [6.07, 6.45) is -5.06. The minimum atomic E-state index is -4.71. The van der Waals surface area contributed by atoms with E-state index in [1.807, 2.05) is 4.90 Å². The molecule has 1 aromatic carbocycles. The van der Waals surface area contributed by atoms with E-state index >= 15 is 0 Å². The number of morpholine rings is 1. The third-order valence-corrected chi connectivity index (χ3v) is 5.92. The van der Waals surface area contributed by atoms with Crippen LogP contribution in [0.2, 0.25) is 0 Å². The van der Waals surface area contributed by atoms with E-state index in [2.05, 4.69) is 9.97 Å². The van der Waals surface area contributed by atoms with Crippen molar-refractivity contribution in [3.05, 3.63) is 47.0 Å². The molecule has 2 atom stereocenters. The van der Waals surface area contributed by atoms with Gasteiger partial charge < -0.3 is 15.4 Å². The number of aromatic nitrogens is 2. The van der Waals surface area contributed by atoms with Crippen molar-refractivity contribution in [1.82, 2.24) is 19.8 Å². The van der Waals surface area contributed by atoms with E-state index in [1.54, 1.807) is 6.92 Å². The van der Waals surface area contributed by atoms with Crippen LogP contribution in [0.3, 0.4) is 0 Å². The Labute approximate surface area is 199 Å². The summed E-state index contributed by atoms with van der Waals surface area (Å²) in [5, 5.41) is 0. The predicted octanol–water partition coefficient (Wildman–Crippen LogP) is 2.15. The van der Waals surface area contributed by atoms with Crippen LogP contribution in [0.15, 0.2) is 24.3 Å². The Morgan fingerprint density at radius 2 is 1.94 bits per heavy atom. The van der Waals surface area contributed by atoms with Crippen LogP contribution in [0.1, 0.15) is 30.3 Å². The van der Waals surface area contributed by atoms with Crippen molar-refractivity contribution in [3.63, 3.8) is 0 Å². The molecule has 0 unspecified atom stereocenters. The Morgan fingerprint density at radius 1 is 1.23 bits per heavy atom. The van der Waals surface area contributed by atoms with Crippen LogP contribution in [-0.4, -0.2) is 70.0 Å². The van der Waals surface area contributed by atoms with Gasteiger partial charge in [-0.2, -0.15) is 13.2 Å². The lowest BCUT2D eigenvalue weighted by Gasteiger charge is -2.33. The van der Waals surface area contributed by atoms with Gasteiger partial charge in [0.25, 0.3) is 0 Å². The number of rotatable bonds is 5. The molecule has 35 heavy (non-hydrogen) atoms. The number of nitrogens with two attached hydrogens (primary N) is 1. The largest absolute Gasteiger partial charge is 0.460 e. The van der Waals surface area contributed by atoms with Crippen molar-refractivity contribution in [2.45, 2.75) is 44.6 Å². The SMILES string of the molecule is C[C@H]1CN(C[C@@H](N)CC(=O)N2CCc3c(nc(-c4ccc(F)cc4)nc3C(F)(F)F)C2)CC(=O)O1. The van der Waals surface area contributed by atoms with Gasteiger partial charge in [0.1, 0.15) is 11.9 Å². The number of carbonyl (C=O) groups is 2. The fourth-order valence-electron chi connectivity index (χ4n) is 4.40. The zero-order valence-corrected chi connectivity index (χ0v) is 19.0. The summed E-state index contributed by atoms with van der Waals surface area (Å²) in [5.74, 6) is -1.39. The highest BCUT2D eigenvalue weighted by atomic mass is 19.4. The third kappa shape index (κ3) is 5.93. The zero-order valence-electron chi connectivity index (χ0n) is 19.0. The van der Waals surface area contributed by atoms with Gasteiger partial charge in [-0.1, -0.05) is 0 Å². The fraction of sp³-hybridized carbons (Fsp3) is 0.478. The van der Waals surface area contributed by atoms with E-state index in [-0.39, 0.29) is 73.1 Å². The maximum absolute atomic E-state index is 13.8. The molecule has 2 aliphatic heterocycles. The fourth-order valence-corrected chi connectivity index (χ4v) is 4.40. The predicted molar refractivity (Wildman–Crippen MR) is 116 cm³/mol. The standard InChI is InChI=1S/C23H25F4N5O3/c1-13-9-31(12-20(34)35-13)10-16(28)8-19(33)32-7-6-17-18(11-32)29-22(30-21(17)23(25,26)27)14-2-4-15(24)5-3-14/h2-5,13,16H,6-12,28H2,1H3/t13-,16-/m0/s1. The molecular weight excluding hydrogens is 470 g/mol. The Morgan fingerprint density at radius 3 is 2.60 bits per heavy atom. The number of cyclic esters (lactones) is 1. The van der Waals surface area contributed by atoms with Gasteiger partial charge in [0.15, 0.2) is 11.5 Å². The van der Waals surface area contributed by atoms with Crippen LogP contribution in [0, 0.1) is 5.82 Å². The summed E-state index contributed by atoms with van der Waals surface area (Å²) in [6.45, 7) is 2.64. The second-order valence-corrected chi connectivity index (χ2v) is 8.85. The molecule has 0 spiro atoms. The minimum absolute atomic E-state index is 0.0305. The van der Waals surface area contributed by atoms with Gasteiger partial charge in [-0.3, -0.25) is 14.5 Å². The Hall–Kier alpha value is -3.12. The van der Waals surface area contributed by atoms with Crippen LogP contribution in [0.4, 0.5) is 17.6 Å². The second-order valence-electron chi connectivity index (χ2n) is 8.85. The lowest BCUT2D eigenvalue weighted by atomic mass is 10.0. The van der Waals surface area contributed by atoms with E-state index in [4.69, 9.17) is 10.5 Å². The smallest absolute Gasteiger partial charge is 0.433 e. The first-order chi connectivity index (χ1) is 16.5. The summed E-state index contributed by atoms with van der Waals surface area (Å²) >= 11 is 0. The highest BCUT2D eigenvalue weighted by Crippen LogP contribution is 2.35. The monoisotopic (exact) mass is 495 g/mol. The summed E-state index contributed by atoms with van der Waals surface area (Å²) in [5.41, 5.74) is 5.40. The highest BCUT2D eigenvalue weighted by molar-refractivity contribution is 5.77. The molecule has 0 aliphatic carbocycles. The molecule has 1 amide bonds. The quantitative estimate of drug-likeness (QED) is 0.501. The maximum atomic E-state index is 13.8. The number of fused-ring (bicyclic) bond motifs is 1. The molecule has 1 aromatic heterocycles. The molecule has 2 aromatic rings. The van der Waals surface area contributed by atoms with Crippen LogP contribution in [0.5, 0.6) is 0 Å². The van der Waals surface area contributed by atoms with Crippen molar-refractivity contribution in [1.29, 1.82) is 0 Å². The highest BCUT2D eigenvalue weighted by Gasteiger charge is 2.39. The number of halogens is 4. The molecule has 188 valence electrons. The van der Waals surface area contributed by atoms with Gasteiger partial charge in [-0.25, -0.2) is 14.4 Å². The van der Waals surface area contributed by atoms with Crippen molar-refractivity contribution < 1.29 is 31.9 Å². The molecule has 12 heteroatoms. The Balaban J connectivity index is 1.50. The molecular formula is C23H25F4N5O3. The van der Waals surface area contributed by atoms with Crippen molar-refractivity contribution in [2.24, 2.45) is 5.73 Å². The van der Waals surface area contributed by atoms with E-state index in [0.29, 0.717) is 13.1 Å². The molecule has 1 fully saturated rings. The van der Waals surface area contributed by atoms with E-state index in [1.165, 1.54) is 17.0 Å². The molecule has 3 heterocycles. The molecule has 0 bridgehead atoms. The number of hydrogen-bond donors (Lipinski definition) is 1. The zero-order chi connectivity index (χ0) is 25.3. The molecule has 2 aliphatic rings. The lowest BCUT2D eigenvalue weighted by Crippen LogP contribution is -2.50. The number of nitrogens with zero attached hydrogens (tertiary/aromatic N) is 4. The number of hydrogen-bond acceptors (Lipinski definition) is 7. The number of ether oxygens (including phenoxy) is 1. The molecule has 1 saturated heterocycles. The number of esters is 1. The average Bonchev–Trinajstić information content (AvgIpc) is 2.77. The Bertz CT molecular complexity index is 1110. The summed E-state index contributed by atoms with van der Waals surface area (Å²) in [7, 11) is 0. The van der Waals surface area contributed by atoms with Gasteiger partial charge >= 0.3 is 12.1 Å². The normalized spacial score (nSPS) is 19.8. The van der Waals surface area contributed by atoms with Gasteiger partial charge in [-0.05, 0) is 37.6 Å². The molecule has 0 saturated carbocycles. The molecule has 4 rings (SSSR count). The van der Waals surface area contributed by atoms with E-state index < -0.39 is 23.7 Å². The summed E-state index contributed by atoms with van der Waals surface area (Å²) in [4.78, 5) is 35.8. The number of amides is 1. The second kappa shape index (κ2) is 9.86. The van der Waals surface area contributed by atoms with Crippen LogP contribution in [0.25, 0.3) is 11.4 Å². The van der Waals surface area contributed by atoms with E-state index in [0.717, 1.165) is 12.1 Å². The number of carbonyl (C=O) groups excluding carboxylic acids is 2. The van der Waals surface area contributed by atoms with Gasteiger partial charge in [0, 0.05) is 43.2 Å². The Kier molecular flexibility index (Phi) is 7.04. The topological polar surface area (TPSA) is 102 Å². The van der Waals surface area contributed by atoms with Gasteiger partial charge in [0.05, 0.1) is 18.8 Å². The molecule has 0 radical (unpaired) electrons. The average molecular weight is 495 g/mol. The van der Waals surface area contributed by atoms with E-state index in [9.17, 15) is 27.2 Å². The number of benzene rings is 1. The van der Waals surface area contributed by atoms with Gasteiger partial charge in [0.2, 0.25) is 5.91 Å². The molecule has 2 N–H and O–H groups in total. The van der Waals surface area contributed by atoms with Crippen molar-refractivity contribution in [2.75, 3.05) is 26.2 Å². The summed E-state index contributed by atoms with van der Waals surface area (Å²) < 4.78 is 59.6. The van der Waals surface area contributed by atoms with Crippen molar-refractivity contribution in [3.8, 4) is 11.4 Å². The van der Waals surface area contributed by atoms with Crippen LogP contribution in [-0.2, 0) is 33.5 Å². The van der Waals surface area contributed by atoms with Crippen LogP contribution >= 0.6 is 0 Å². The first kappa shape index (κ1) is 25.0. The summed E-state index contributed by atoms with van der Waals surface area (Å²) in [6, 6.07) is 4.28. The first-order valence-corrected chi connectivity index (χ1v) is 11.2. The third-order valence-electron chi connectivity index (χ3n) is 5.92. The minimum Gasteiger partial charge on any atom is -0.460 e. The lowest BCUT2D eigenvalue weighted by molar-refractivity contribution is -0.157. The van der Waals surface area contributed by atoms with Crippen LogP contribution < -0.4 is 5.73 Å². The first-order valence-electron chi connectivity index (χ1n) is 11.2. The maximum Gasteiger partial charge on any atom is 0.433 e. The van der Waals surface area contributed by atoms with Gasteiger partial charge in [-0.15, -0.1) is 0 Å².